The molecule has 0 saturated heterocycles. The SMILES string of the molecule is Cc1[nH]c(=S)sc1CC(=O)NCC(O)c1c(F)cccc1F. The number of nitrogens with one attached hydrogen (secondary N) is 2. The van der Waals surface area contributed by atoms with Gasteiger partial charge in [0, 0.05) is 17.1 Å². The van der Waals surface area contributed by atoms with Gasteiger partial charge in [0.05, 0.1) is 12.0 Å². The first-order valence-electron chi connectivity index (χ1n) is 6.45. The van der Waals surface area contributed by atoms with Gasteiger partial charge in [0.15, 0.2) is 3.95 Å². The molecule has 1 aromatic carbocycles. The summed E-state index contributed by atoms with van der Waals surface area (Å²) in [5, 5.41) is 12.3. The van der Waals surface area contributed by atoms with Crippen LogP contribution in [0.15, 0.2) is 18.2 Å². The highest BCUT2D eigenvalue weighted by Gasteiger charge is 2.18. The lowest BCUT2D eigenvalue weighted by atomic mass is 10.1. The van der Waals surface area contributed by atoms with Gasteiger partial charge in [-0.15, -0.1) is 11.3 Å². The van der Waals surface area contributed by atoms with Crippen LogP contribution in [0.5, 0.6) is 0 Å². The van der Waals surface area contributed by atoms with Crippen molar-refractivity contribution in [1.82, 2.24) is 10.3 Å². The van der Waals surface area contributed by atoms with Crippen molar-refractivity contribution in [1.29, 1.82) is 0 Å². The number of benzene rings is 1. The van der Waals surface area contributed by atoms with E-state index in [4.69, 9.17) is 12.2 Å². The van der Waals surface area contributed by atoms with Crippen LogP contribution in [0.3, 0.4) is 0 Å². The summed E-state index contributed by atoms with van der Waals surface area (Å²) in [5.74, 6) is -2.05. The summed E-state index contributed by atoms with van der Waals surface area (Å²) in [6.45, 7) is 1.53. The van der Waals surface area contributed by atoms with Crippen molar-refractivity contribution in [2.45, 2.75) is 19.4 Å². The van der Waals surface area contributed by atoms with E-state index in [0.717, 1.165) is 22.7 Å². The van der Waals surface area contributed by atoms with Crippen molar-refractivity contribution in [2.75, 3.05) is 6.54 Å². The van der Waals surface area contributed by atoms with Gasteiger partial charge in [-0.05, 0) is 31.3 Å². The van der Waals surface area contributed by atoms with Gasteiger partial charge in [0.25, 0.3) is 0 Å². The molecule has 8 heteroatoms. The molecule has 0 saturated carbocycles. The van der Waals surface area contributed by atoms with Gasteiger partial charge in [-0.2, -0.15) is 0 Å². The molecular weight excluding hydrogens is 330 g/mol. The van der Waals surface area contributed by atoms with E-state index in [-0.39, 0.29) is 18.9 Å². The number of amides is 1. The Morgan fingerprint density at radius 2 is 2.09 bits per heavy atom. The van der Waals surface area contributed by atoms with E-state index in [0.29, 0.717) is 3.95 Å². The minimum absolute atomic E-state index is 0.0934. The van der Waals surface area contributed by atoms with E-state index in [1.165, 1.54) is 17.4 Å². The Morgan fingerprint density at radius 1 is 1.45 bits per heavy atom. The Bertz CT molecular complexity index is 722. The zero-order valence-electron chi connectivity index (χ0n) is 11.7. The molecule has 0 spiro atoms. The third-order valence-electron chi connectivity index (χ3n) is 3.07. The Hall–Kier alpha value is -1.64. The molecule has 0 aliphatic carbocycles. The number of aliphatic hydroxyl groups is 1. The molecule has 1 amide bonds. The summed E-state index contributed by atoms with van der Waals surface area (Å²) < 4.78 is 27.6. The van der Waals surface area contributed by atoms with Gasteiger partial charge >= 0.3 is 0 Å². The number of thiazole rings is 1. The number of aryl methyl sites for hydroxylation is 1. The standard InChI is InChI=1S/C14H14F2N2O2S2/c1-7-11(22-14(21)18-7)5-12(20)17-6-10(19)13-8(15)3-2-4-9(13)16/h2-4,10,19H,5-6H2,1H3,(H,17,20)(H,18,21). The van der Waals surface area contributed by atoms with Gasteiger partial charge in [-0.25, -0.2) is 8.78 Å². The summed E-state index contributed by atoms with van der Waals surface area (Å²) in [5.41, 5.74) is 0.363. The molecule has 2 aromatic rings. The van der Waals surface area contributed by atoms with Gasteiger partial charge in [-0.3, -0.25) is 4.79 Å². The fourth-order valence-corrected chi connectivity index (χ4v) is 3.25. The molecule has 2 rings (SSSR count). The number of halogens is 2. The molecule has 4 nitrogen and oxygen atoms in total. The summed E-state index contributed by atoms with van der Waals surface area (Å²) in [6.07, 6.45) is -1.36. The molecule has 0 radical (unpaired) electrons. The largest absolute Gasteiger partial charge is 0.386 e. The maximum atomic E-state index is 13.5. The van der Waals surface area contributed by atoms with Crippen LogP contribution < -0.4 is 5.32 Å². The molecule has 0 aliphatic rings. The van der Waals surface area contributed by atoms with Crippen LogP contribution in [0.1, 0.15) is 22.2 Å². The number of hydrogen-bond donors (Lipinski definition) is 3. The molecule has 1 atom stereocenters. The van der Waals surface area contributed by atoms with E-state index in [1.807, 2.05) is 0 Å². The van der Waals surface area contributed by atoms with E-state index in [1.54, 1.807) is 6.92 Å². The van der Waals surface area contributed by atoms with Crippen molar-refractivity contribution in [3.63, 3.8) is 0 Å². The van der Waals surface area contributed by atoms with Crippen molar-refractivity contribution >= 4 is 29.5 Å². The predicted octanol–water partition coefficient (Wildman–Crippen LogP) is 2.78. The fraction of sp³-hybridized carbons (Fsp3) is 0.286. The third kappa shape index (κ3) is 3.96. The van der Waals surface area contributed by atoms with E-state index in [9.17, 15) is 18.7 Å². The third-order valence-corrected chi connectivity index (χ3v) is 4.41. The Balaban J connectivity index is 1.96. The Kier molecular flexibility index (Phi) is 5.38. The number of aromatic nitrogens is 1. The summed E-state index contributed by atoms with van der Waals surface area (Å²) in [6, 6.07) is 3.32. The highest BCUT2D eigenvalue weighted by atomic mass is 32.1. The van der Waals surface area contributed by atoms with Gasteiger partial charge in [0.1, 0.15) is 17.7 Å². The second-order valence-electron chi connectivity index (χ2n) is 4.69. The van der Waals surface area contributed by atoms with E-state index < -0.39 is 23.3 Å². The maximum absolute atomic E-state index is 13.5. The second-order valence-corrected chi connectivity index (χ2v) is 6.47. The lowest BCUT2D eigenvalue weighted by Gasteiger charge is -2.13. The highest BCUT2D eigenvalue weighted by molar-refractivity contribution is 7.73. The first kappa shape index (κ1) is 16.7. The first-order valence-corrected chi connectivity index (χ1v) is 7.68. The van der Waals surface area contributed by atoms with E-state index in [2.05, 4.69) is 10.3 Å². The molecule has 0 aliphatic heterocycles. The average molecular weight is 344 g/mol. The number of H-pyrrole nitrogens is 1. The van der Waals surface area contributed by atoms with Crippen LogP contribution >= 0.6 is 23.6 Å². The van der Waals surface area contributed by atoms with Crippen molar-refractivity contribution in [3.8, 4) is 0 Å². The molecule has 1 unspecified atom stereocenters. The number of aliphatic hydroxyl groups excluding tert-OH is 1. The lowest BCUT2D eigenvalue weighted by Crippen LogP contribution is -2.30. The predicted molar refractivity (Wildman–Crippen MR) is 82.3 cm³/mol. The van der Waals surface area contributed by atoms with Crippen LogP contribution in [-0.4, -0.2) is 22.5 Å². The molecule has 22 heavy (non-hydrogen) atoms. The lowest BCUT2D eigenvalue weighted by molar-refractivity contribution is -0.120. The van der Waals surface area contributed by atoms with Gasteiger partial charge in [-0.1, -0.05) is 6.07 Å². The average Bonchev–Trinajstić information content (AvgIpc) is 2.74. The van der Waals surface area contributed by atoms with Crippen LogP contribution in [-0.2, 0) is 11.2 Å². The zero-order chi connectivity index (χ0) is 16.3. The normalized spacial score (nSPS) is 12.2. The number of aromatic amines is 1. The molecule has 0 fully saturated rings. The zero-order valence-corrected chi connectivity index (χ0v) is 13.3. The van der Waals surface area contributed by atoms with Gasteiger partial charge < -0.3 is 15.4 Å². The Labute approximate surface area is 134 Å². The van der Waals surface area contributed by atoms with Crippen LogP contribution in [0.25, 0.3) is 0 Å². The smallest absolute Gasteiger partial charge is 0.225 e. The number of carbonyl (C=O) groups is 1. The van der Waals surface area contributed by atoms with Crippen molar-refractivity contribution in [2.24, 2.45) is 0 Å². The molecule has 1 heterocycles. The summed E-state index contributed by atoms with van der Waals surface area (Å²) >= 11 is 6.27. The van der Waals surface area contributed by atoms with Crippen LogP contribution in [0, 0.1) is 22.5 Å². The van der Waals surface area contributed by atoms with Crippen LogP contribution in [0.4, 0.5) is 8.78 Å². The molecule has 3 N–H and O–H groups in total. The van der Waals surface area contributed by atoms with Gasteiger partial charge in [0.2, 0.25) is 5.91 Å². The number of hydrogen-bond acceptors (Lipinski definition) is 4. The van der Waals surface area contributed by atoms with Crippen LogP contribution in [0.2, 0.25) is 0 Å². The Morgan fingerprint density at radius 3 is 2.64 bits per heavy atom. The fourth-order valence-electron chi connectivity index (χ4n) is 1.96. The van der Waals surface area contributed by atoms with Crippen molar-refractivity contribution in [3.05, 3.63) is 49.9 Å². The quantitative estimate of drug-likeness (QED) is 0.731. The molecule has 118 valence electrons. The number of rotatable bonds is 5. The molecule has 0 bridgehead atoms. The maximum Gasteiger partial charge on any atom is 0.225 e. The topological polar surface area (TPSA) is 65.1 Å². The molecule has 1 aromatic heterocycles. The molecular formula is C14H14F2N2O2S2. The van der Waals surface area contributed by atoms with E-state index >= 15 is 0 Å². The minimum Gasteiger partial charge on any atom is -0.386 e. The first-order chi connectivity index (χ1) is 10.4. The minimum atomic E-state index is -1.45. The van der Waals surface area contributed by atoms with Crippen molar-refractivity contribution < 1.29 is 18.7 Å². The monoisotopic (exact) mass is 344 g/mol. The summed E-state index contributed by atoms with van der Waals surface area (Å²) in [4.78, 5) is 15.5. The number of carbonyl (C=O) groups excluding carboxylic acids is 1. The summed E-state index contributed by atoms with van der Waals surface area (Å²) in [7, 11) is 0. The highest BCUT2D eigenvalue weighted by Crippen LogP contribution is 2.20. The second kappa shape index (κ2) is 7.08.